The molecule has 0 atom stereocenters. The van der Waals surface area contributed by atoms with Crippen molar-refractivity contribution in [3.63, 3.8) is 0 Å². The maximum atomic E-state index is 12.9. The Bertz CT molecular complexity index is 1230. The number of hydrogen-bond donors (Lipinski definition) is 1. The number of nitriles is 1. The van der Waals surface area contributed by atoms with Crippen LogP contribution in [0.1, 0.15) is 52.5 Å². The van der Waals surface area contributed by atoms with E-state index in [9.17, 15) is 20.0 Å². The van der Waals surface area contributed by atoms with Gasteiger partial charge in [0.05, 0.1) is 11.3 Å². The molecule has 0 aliphatic rings. The second kappa shape index (κ2) is 8.58. The monoisotopic (exact) mass is 399 g/mol. The highest BCUT2D eigenvalue weighted by Crippen LogP contribution is 2.26. The van der Waals surface area contributed by atoms with Gasteiger partial charge in [0, 0.05) is 23.4 Å². The Kier molecular flexibility index (Phi) is 5.93. The number of pyridine rings is 1. The van der Waals surface area contributed by atoms with Gasteiger partial charge in [0.25, 0.3) is 5.56 Å². The zero-order valence-corrected chi connectivity index (χ0v) is 17.0. The molecule has 1 aromatic heterocycles. The van der Waals surface area contributed by atoms with Crippen LogP contribution in [0, 0.1) is 18.3 Å². The topological polar surface area (TPSA) is 95.4 Å². The first kappa shape index (κ1) is 20.7. The third kappa shape index (κ3) is 3.78. The van der Waals surface area contributed by atoms with Crippen LogP contribution in [0.25, 0.3) is 0 Å². The van der Waals surface area contributed by atoms with Gasteiger partial charge in [-0.25, -0.2) is 0 Å². The van der Waals surface area contributed by atoms with Gasteiger partial charge in [-0.15, -0.1) is 0 Å². The van der Waals surface area contributed by atoms with Crippen molar-refractivity contribution in [1.82, 2.24) is 4.57 Å². The fraction of sp³-hybridized carbons (Fsp3) is 0.167. The number of aromatic hydroxyl groups is 1. The molecule has 0 amide bonds. The fourth-order valence-corrected chi connectivity index (χ4v) is 3.23. The Balaban J connectivity index is 2.13. The van der Waals surface area contributed by atoms with Crippen molar-refractivity contribution in [1.29, 1.82) is 5.26 Å². The number of ketones is 1. The van der Waals surface area contributed by atoms with Crippen molar-refractivity contribution in [3.8, 4) is 11.9 Å². The van der Waals surface area contributed by atoms with Crippen LogP contribution in [0.15, 0.2) is 64.4 Å². The maximum Gasteiger partial charge on any atom is 0.271 e. The molecule has 3 aromatic rings. The second-order valence-corrected chi connectivity index (χ2v) is 7.09. The van der Waals surface area contributed by atoms with E-state index in [4.69, 9.17) is 0 Å². The molecule has 3 rings (SSSR count). The summed E-state index contributed by atoms with van der Waals surface area (Å²) in [6.45, 7) is 5.07. The van der Waals surface area contributed by atoms with Gasteiger partial charge in [0.15, 0.2) is 5.78 Å². The molecule has 2 aromatic carbocycles. The quantitative estimate of drug-likeness (QED) is 0.511. The summed E-state index contributed by atoms with van der Waals surface area (Å²) in [5.41, 5.74) is 1.39. The molecule has 30 heavy (non-hydrogen) atoms. The van der Waals surface area contributed by atoms with E-state index in [0.717, 1.165) is 4.57 Å². The van der Waals surface area contributed by atoms with E-state index in [1.165, 1.54) is 6.21 Å². The number of aliphatic imine (C=N–C) groups is 1. The molecule has 0 aliphatic heterocycles. The van der Waals surface area contributed by atoms with Gasteiger partial charge < -0.3 is 5.11 Å². The van der Waals surface area contributed by atoms with Crippen LogP contribution in [-0.4, -0.2) is 21.7 Å². The van der Waals surface area contributed by atoms with Crippen LogP contribution in [0.5, 0.6) is 5.88 Å². The predicted octanol–water partition coefficient (Wildman–Crippen LogP) is 4.30. The lowest BCUT2D eigenvalue weighted by molar-refractivity contribution is 0.103. The van der Waals surface area contributed by atoms with E-state index in [0.29, 0.717) is 22.4 Å². The number of benzene rings is 2. The SMILES string of the molecule is Cc1c(C=Nc2ccccc2C(=O)c2ccccc2)c(O)n(C(C)C)c(=O)c1C#N. The van der Waals surface area contributed by atoms with Gasteiger partial charge in [-0.05, 0) is 38.5 Å². The van der Waals surface area contributed by atoms with Crippen molar-refractivity contribution >= 4 is 17.7 Å². The standard InChI is InChI=1S/C24H21N3O3/c1-15(2)27-23(29)19(13-25)16(3)20(24(27)30)14-26-21-12-8-7-11-18(21)22(28)17-9-5-4-6-10-17/h4-12,14-15,30H,1-3H3. The summed E-state index contributed by atoms with van der Waals surface area (Å²) >= 11 is 0. The minimum atomic E-state index is -0.542. The van der Waals surface area contributed by atoms with E-state index < -0.39 is 5.56 Å². The van der Waals surface area contributed by atoms with Crippen LogP contribution >= 0.6 is 0 Å². The van der Waals surface area contributed by atoms with Crippen molar-refractivity contribution in [2.24, 2.45) is 4.99 Å². The summed E-state index contributed by atoms with van der Waals surface area (Å²) < 4.78 is 1.16. The Morgan fingerprint density at radius 2 is 1.77 bits per heavy atom. The summed E-state index contributed by atoms with van der Waals surface area (Å²) in [5, 5.41) is 20.1. The summed E-state index contributed by atoms with van der Waals surface area (Å²) in [4.78, 5) is 29.8. The lowest BCUT2D eigenvalue weighted by atomic mass is 10.0. The van der Waals surface area contributed by atoms with E-state index in [1.54, 1.807) is 69.3 Å². The molecular weight excluding hydrogens is 378 g/mol. The van der Waals surface area contributed by atoms with Gasteiger partial charge >= 0.3 is 0 Å². The molecule has 1 N–H and O–H groups in total. The van der Waals surface area contributed by atoms with Gasteiger partial charge in [0.1, 0.15) is 11.6 Å². The number of para-hydroxylation sites is 1. The van der Waals surface area contributed by atoms with Crippen LogP contribution in [-0.2, 0) is 0 Å². The second-order valence-electron chi connectivity index (χ2n) is 7.09. The van der Waals surface area contributed by atoms with Crippen LogP contribution < -0.4 is 5.56 Å². The fourth-order valence-electron chi connectivity index (χ4n) is 3.23. The van der Waals surface area contributed by atoms with Crippen molar-refractivity contribution < 1.29 is 9.90 Å². The highest BCUT2D eigenvalue weighted by atomic mass is 16.3. The Labute approximate surface area is 174 Å². The minimum Gasteiger partial charge on any atom is -0.494 e. The number of carbonyl (C=O) groups excluding carboxylic acids is 1. The average Bonchev–Trinajstić information content (AvgIpc) is 2.74. The lowest BCUT2D eigenvalue weighted by Crippen LogP contribution is -2.26. The maximum absolute atomic E-state index is 12.9. The third-order valence-electron chi connectivity index (χ3n) is 4.83. The summed E-state index contributed by atoms with van der Waals surface area (Å²) in [7, 11) is 0. The molecule has 0 radical (unpaired) electrons. The Morgan fingerprint density at radius 1 is 1.13 bits per heavy atom. The summed E-state index contributed by atoms with van der Waals surface area (Å²) in [6.07, 6.45) is 1.39. The molecule has 0 saturated heterocycles. The van der Waals surface area contributed by atoms with Gasteiger partial charge in [-0.1, -0.05) is 42.5 Å². The van der Waals surface area contributed by atoms with Gasteiger partial charge in [0.2, 0.25) is 5.88 Å². The largest absolute Gasteiger partial charge is 0.494 e. The summed E-state index contributed by atoms with van der Waals surface area (Å²) in [6, 6.07) is 17.4. The van der Waals surface area contributed by atoms with E-state index in [-0.39, 0.29) is 28.8 Å². The van der Waals surface area contributed by atoms with Crippen molar-refractivity contribution in [2.45, 2.75) is 26.8 Å². The Morgan fingerprint density at radius 3 is 2.40 bits per heavy atom. The molecule has 0 spiro atoms. The molecular formula is C24H21N3O3. The number of carbonyl (C=O) groups is 1. The first-order chi connectivity index (χ1) is 14.4. The zero-order chi connectivity index (χ0) is 21.8. The molecule has 6 heteroatoms. The molecule has 1 heterocycles. The van der Waals surface area contributed by atoms with Gasteiger partial charge in [-0.2, -0.15) is 5.26 Å². The molecule has 0 aliphatic carbocycles. The highest BCUT2D eigenvalue weighted by Gasteiger charge is 2.20. The predicted molar refractivity (Wildman–Crippen MR) is 116 cm³/mol. The number of hydrogen-bond acceptors (Lipinski definition) is 5. The number of nitrogens with zero attached hydrogens (tertiary/aromatic N) is 3. The molecule has 0 bridgehead atoms. The smallest absolute Gasteiger partial charge is 0.271 e. The molecule has 0 unspecified atom stereocenters. The lowest BCUT2D eigenvalue weighted by Gasteiger charge is -2.16. The molecule has 0 saturated carbocycles. The zero-order valence-electron chi connectivity index (χ0n) is 17.0. The number of rotatable bonds is 5. The van der Waals surface area contributed by atoms with Crippen molar-refractivity contribution in [3.05, 3.63) is 92.8 Å². The third-order valence-corrected chi connectivity index (χ3v) is 4.83. The molecule has 6 nitrogen and oxygen atoms in total. The Hall–Kier alpha value is -3.98. The van der Waals surface area contributed by atoms with Crippen LogP contribution in [0.3, 0.4) is 0 Å². The minimum absolute atomic E-state index is 0.0448. The van der Waals surface area contributed by atoms with E-state index in [1.807, 2.05) is 12.1 Å². The first-order valence-corrected chi connectivity index (χ1v) is 9.47. The average molecular weight is 399 g/mol. The number of aromatic nitrogens is 1. The van der Waals surface area contributed by atoms with Crippen LogP contribution in [0.2, 0.25) is 0 Å². The van der Waals surface area contributed by atoms with Crippen molar-refractivity contribution in [2.75, 3.05) is 0 Å². The molecule has 0 fully saturated rings. The summed E-state index contributed by atoms with van der Waals surface area (Å²) in [5.74, 6) is -0.434. The first-order valence-electron chi connectivity index (χ1n) is 9.47. The molecule has 150 valence electrons. The van der Waals surface area contributed by atoms with Gasteiger partial charge in [-0.3, -0.25) is 19.1 Å². The van der Waals surface area contributed by atoms with E-state index in [2.05, 4.69) is 4.99 Å². The van der Waals surface area contributed by atoms with Crippen LogP contribution in [0.4, 0.5) is 5.69 Å². The normalized spacial score (nSPS) is 11.0. The highest BCUT2D eigenvalue weighted by molar-refractivity contribution is 6.12. The van der Waals surface area contributed by atoms with E-state index >= 15 is 0 Å².